The number of benzene rings is 1. The highest BCUT2D eigenvalue weighted by atomic mass is 16.6. The van der Waals surface area contributed by atoms with Crippen LogP contribution in [0.3, 0.4) is 0 Å². The number of ether oxygens (including phenoxy) is 1. The second kappa shape index (κ2) is 5.58. The molecule has 0 saturated carbocycles. The van der Waals surface area contributed by atoms with Crippen molar-refractivity contribution < 1.29 is 14.5 Å². The van der Waals surface area contributed by atoms with Crippen LogP contribution in [0.2, 0.25) is 0 Å². The number of aromatic nitrogens is 1. The Morgan fingerprint density at radius 2 is 2.16 bits per heavy atom. The first-order chi connectivity index (χ1) is 9.20. The molecule has 0 atom stereocenters. The van der Waals surface area contributed by atoms with Crippen LogP contribution in [-0.2, 0) is 4.79 Å². The summed E-state index contributed by atoms with van der Waals surface area (Å²) in [5, 5.41) is 13.3. The molecule has 1 amide bonds. The van der Waals surface area contributed by atoms with Gasteiger partial charge in [0, 0.05) is 24.0 Å². The number of rotatable bonds is 5. The standard InChI is InChI=1S/C12H9N3O4/c16-8-14-9-3-1-4-10(7-9)19-12-11(15(17)18)5-2-6-13-12/h1-8H,(H,14,16). The van der Waals surface area contributed by atoms with E-state index in [0.29, 0.717) is 17.8 Å². The van der Waals surface area contributed by atoms with E-state index in [1.165, 1.54) is 24.4 Å². The van der Waals surface area contributed by atoms with Crippen molar-refractivity contribution in [3.8, 4) is 11.6 Å². The number of pyridine rings is 1. The minimum absolute atomic E-state index is 0.101. The normalized spacial score (nSPS) is 9.68. The van der Waals surface area contributed by atoms with Crippen molar-refractivity contribution in [3.05, 3.63) is 52.7 Å². The fourth-order valence-electron chi connectivity index (χ4n) is 1.43. The van der Waals surface area contributed by atoms with E-state index in [1.54, 1.807) is 18.2 Å². The number of nitrogens with zero attached hydrogens (tertiary/aromatic N) is 2. The fourth-order valence-corrected chi connectivity index (χ4v) is 1.43. The number of carbonyl (C=O) groups excluding carboxylic acids is 1. The molecular formula is C12H9N3O4. The van der Waals surface area contributed by atoms with Gasteiger partial charge in [-0.25, -0.2) is 4.98 Å². The van der Waals surface area contributed by atoms with Crippen molar-refractivity contribution in [1.82, 2.24) is 4.98 Å². The molecule has 0 saturated heterocycles. The van der Waals surface area contributed by atoms with Gasteiger partial charge in [-0.1, -0.05) is 6.07 Å². The van der Waals surface area contributed by atoms with E-state index in [4.69, 9.17) is 4.74 Å². The quantitative estimate of drug-likeness (QED) is 0.505. The third-order valence-electron chi connectivity index (χ3n) is 2.22. The van der Waals surface area contributed by atoms with Gasteiger partial charge < -0.3 is 10.1 Å². The van der Waals surface area contributed by atoms with Gasteiger partial charge in [-0.05, 0) is 18.2 Å². The lowest BCUT2D eigenvalue weighted by Crippen LogP contribution is -1.97. The van der Waals surface area contributed by atoms with Crippen molar-refractivity contribution in [2.45, 2.75) is 0 Å². The van der Waals surface area contributed by atoms with Crippen molar-refractivity contribution in [2.24, 2.45) is 0 Å². The topological polar surface area (TPSA) is 94.4 Å². The summed E-state index contributed by atoms with van der Waals surface area (Å²) in [6, 6.07) is 9.20. The summed E-state index contributed by atoms with van der Waals surface area (Å²) < 4.78 is 5.35. The Labute approximate surface area is 108 Å². The molecule has 0 aliphatic carbocycles. The van der Waals surface area contributed by atoms with Crippen molar-refractivity contribution in [1.29, 1.82) is 0 Å². The zero-order valence-corrected chi connectivity index (χ0v) is 9.65. The summed E-state index contributed by atoms with van der Waals surface area (Å²) in [6.07, 6.45) is 1.93. The van der Waals surface area contributed by atoms with Crippen LogP contribution < -0.4 is 10.1 Å². The number of hydrogen-bond donors (Lipinski definition) is 1. The molecule has 0 aliphatic rings. The van der Waals surface area contributed by atoms with Crippen molar-refractivity contribution in [3.63, 3.8) is 0 Å². The molecular weight excluding hydrogens is 250 g/mol. The van der Waals surface area contributed by atoms with Gasteiger partial charge in [0.25, 0.3) is 5.88 Å². The molecule has 7 nitrogen and oxygen atoms in total. The Hall–Kier alpha value is -2.96. The number of nitro groups is 1. The van der Waals surface area contributed by atoms with Gasteiger partial charge in [0.15, 0.2) is 0 Å². The Bertz CT molecular complexity index is 615. The van der Waals surface area contributed by atoms with Crippen molar-refractivity contribution in [2.75, 3.05) is 5.32 Å². The van der Waals surface area contributed by atoms with Crippen LogP contribution in [0, 0.1) is 10.1 Å². The highest BCUT2D eigenvalue weighted by molar-refractivity contribution is 5.71. The molecule has 0 spiro atoms. The highest BCUT2D eigenvalue weighted by Crippen LogP contribution is 2.29. The first-order valence-corrected chi connectivity index (χ1v) is 5.28. The second-order valence-corrected chi connectivity index (χ2v) is 3.48. The molecule has 1 aromatic heterocycles. The van der Waals surface area contributed by atoms with E-state index in [1.807, 2.05) is 0 Å². The van der Waals surface area contributed by atoms with Crippen LogP contribution in [0.4, 0.5) is 11.4 Å². The van der Waals surface area contributed by atoms with Gasteiger partial charge in [0.1, 0.15) is 5.75 Å². The SMILES string of the molecule is O=CNc1cccc(Oc2ncccc2[N+](=O)[O-])c1. The van der Waals surface area contributed by atoms with E-state index in [2.05, 4.69) is 10.3 Å². The number of amides is 1. The molecule has 19 heavy (non-hydrogen) atoms. The van der Waals surface area contributed by atoms with Crippen LogP contribution in [0.5, 0.6) is 11.6 Å². The molecule has 0 bridgehead atoms. The van der Waals surface area contributed by atoms with E-state index in [-0.39, 0.29) is 11.6 Å². The number of nitrogens with one attached hydrogen (secondary N) is 1. The molecule has 2 rings (SSSR count). The Kier molecular flexibility index (Phi) is 3.67. The molecule has 0 fully saturated rings. The lowest BCUT2D eigenvalue weighted by Gasteiger charge is -2.06. The average Bonchev–Trinajstić information content (AvgIpc) is 2.40. The van der Waals surface area contributed by atoms with E-state index < -0.39 is 4.92 Å². The average molecular weight is 259 g/mol. The summed E-state index contributed by atoms with van der Waals surface area (Å²) in [5.41, 5.74) is 0.294. The monoisotopic (exact) mass is 259 g/mol. The fraction of sp³-hybridized carbons (Fsp3) is 0. The summed E-state index contributed by atoms with van der Waals surface area (Å²) >= 11 is 0. The van der Waals surface area contributed by atoms with Crippen LogP contribution in [0.1, 0.15) is 0 Å². The Morgan fingerprint density at radius 1 is 1.32 bits per heavy atom. The predicted octanol–water partition coefficient (Wildman–Crippen LogP) is 2.35. The van der Waals surface area contributed by atoms with Crippen LogP contribution >= 0.6 is 0 Å². The summed E-state index contributed by atoms with van der Waals surface area (Å²) in [5.74, 6) is 0.240. The van der Waals surface area contributed by atoms with Gasteiger partial charge in [-0.15, -0.1) is 0 Å². The number of hydrogen-bond acceptors (Lipinski definition) is 5. The van der Waals surface area contributed by atoms with E-state index in [0.717, 1.165) is 0 Å². The first kappa shape index (κ1) is 12.5. The molecule has 7 heteroatoms. The predicted molar refractivity (Wildman–Crippen MR) is 67.1 cm³/mol. The molecule has 1 N–H and O–H groups in total. The number of carbonyl (C=O) groups is 1. The van der Waals surface area contributed by atoms with Gasteiger partial charge in [-0.2, -0.15) is 0 Å². The molecule has 0 aliphatic heterocycles. The number of anilines is 1. The summed E-state index contributed by atoms with van der Waals surface area (Å²) in [7, 11) is 0. The first-order valence-electron chi connectivity index (χ1n) is 5.28. The highest BCUT2D eigenvalue weighted by Gasteiger charge is 2.16. The third kappa shape index (κ3) is 3.03. The summed E-state index contributed by atoms with van der Waals surface area (Å²) in [6.45, 7) is 0. The molecule has 0 unspecified atom stereocenters. The van der Waals surface area contributed by atoms with Gasteiger partial charge in [-0.3, -0.25) is 14.9 Å². The molecule has 96 valence electrons. The second-order valence-electron chi connectivity index (χ2n) is 3.48. The van der Waals surface area contributed by atoms with Crippen LogP contribution in [0.15, 0.2) is 42.6 Å². The lowest BCUT2D eigenvalue weighted by atomic mass is 10.3. The zero-order chi connectivity index (χ0) is 13.7. The molecule has 0 radical (unpaired) electrons. The smallest absolute Gasteiger partial charge is 0.331 e. The largest absolute Gasteiger partial charge is 0.434 e. The lowest BCUT2D eigenvalue weighted by molar-refractivity contribution is -0.386. The molecule has 2 aromatic rings. The molecule has 1 aromatic carbocycles. The Balaban J connectivity index is 2.28. The maximum atomic E-state index is 10.8. The maximum Gasteiger partial charge on any atom is 0.331 e. The van der Waals surface area contributed by atoms with Gasteiger partial charge in [0.05, 0.1) is 4.92 Å². The van der Waals surface area contributed by atoms with E-state index >= 15 is 0 Å². The van der Waals surface area contributed by atoms with E-state index in [9.17, 15) is 14.9 Å². The zero-order valence-electron chi connectivity index (χ0n) is 9.65. The maximum absolute atomic E-state index is 10.8. The summed E-state index contributed by atoms with van der Waals surface area (Å²) in [4.78, 5) is 24.4. The van der Waals surface area contributed by atoms with Gasteiger partial charge >= 0.3 is 5.69 Å². The van der Waals surface area contributed by atoms with Crippen LogP contribution in [-0.4, -0.2) is 16.3 Å². The third-order valence-corrected chi connectivity index (χ3v) is 2.22. The van der Waals surface area contributed by atoms with Gasteiger partial charge in [0.2, 0.25) is 6.41 Å². The minimum Gasteiger partial charge on any atom is -0.434 e. The Morgan fingerprint density at radius 3 is 2.89 bits per heavy atom. The van der Waals surface area contributed by atoms with Crippen molar-refractivity contribution >= 4 is 17.8 Å². The molecule has 1 heterocycles. The minimum atomic E-state index is -0.574. The van der Waals surface area contributed by atoms with Crippen LogP contribution in [0.25, 0.3) is 0 Å².